The minimum absolute atomic E-state index is 0.117. The van der Waals surface area contributed by atoms with Crippen LogP contribution in [0.4, 0.5) is 4.79 Å². The number of urea groups is 1. The first-order valence-corrected chi connectivity index (χ1v) is 7.32. The van der Waals surface area contributed by atoms with E-state index in [0.717, 1.165) is 31.6 Å². The van der Waals surface area contributed by atoms with Crippen LogP contribution in [0.15, 0.2) is 12.7 Å². The van der Waals surface area contributed by atoms with Crippen molar-refractivity contribution in [2.75, 3.05) is 13.1 Å². The predicted octanol–water partition coefficient (Wildman–Crippen LogP) is 0.955. The number of aryl methyl sites for hydroxylation is 1. The number of hydrogen-bond acceptors (Lipinski definition) is 4. The molecule has 1 aromatic heterocycles. The molecule has 0 aliphatic carbocycles. The van der Waals surface area contributed by atoms with E-state index in [0.29, 0.717) is 12.4 Å². The number of carbonyl (C=O) groups excluding carboxylic acids is 2. The summed E-state index contributed by atoms with van der Waals surface area (Å²) in [6.07, 6.45) is 5.92. The SMILES string of the molecule is C=CCN1CC(=O)N(Cc2nnc3n2CCCCC3)C1=O. The monoisotopic (exact) mass is 289 g/mol. The van der Waals surface area contributed by atoms with Crippen LogP contribution in [0.3, 0.4) is 0 Å². The molecule has 1 aromatic rings. The van der Waals surface area contributed by atoms with E-state index in [1.807, 2.05) is 0 Å². The zero-order valence-corrected chi connectivity index (χ0v) is 12.0. The van der Waals surface area contributed by atoms with Crippen molar-refractivity contribution in [1.82, 2.24) is 24.6 Å². The lowest BCUT2D eigenvalue weighted by atomic mass is 10.2. The molecule has 3 heterocycles. The van der Waals surface area contributed by atoms with Crippen molar-refractivity contribution in [3.8, 4) is 0 Å². The standard InChI is InChI=1S/C14H19N5O2/c1-2-7-17-10-13(20)19(14(17)21)9-12-16-15-11-6-4-3-5-8-18(11)12/h2H,1,3-10H2. The van der Waals surface area contributed by atoms with Crippen LogP contribution in [0.25, 0.3) is 0 Å². The average molecular weight is 289 g/mol. The Morgan fingerprint density at radius 3 is 2.86 bits per heavy atom. The van der Waals surface area contributed by atoms with Crippen molar-refractivity contribution >= 4 is 11.9 Å². The molecule has 0 saturated carbocycles. The highest BCUT2D eigenvalue weighted by atomic mass is 16.2. The van der Waals surface area contributed by atoms with E-state index in [2.05, 4.69) is 21.3 Å². The molecule has 0 radical (unpaired) electrons. The summed E-state index contributed by atoms with van der Waals surface area (Å²) >= 11 is 0. The maximum Gasteiger partial charge on any atom is 0.327 e. The molecule has 1 saturated heterocycles. The predicted molar refractivity (Wildman–Crippen MR) is 75.3 cm³/mol. The Morgan fingerprint density at radius 2 is 2.05 bits per heavy atom. The van der Waals surface area contributed by atoms with Gasteiger partial charge in [-0.2, -0.15) is 0 Å². The Balaban J connectivity index is 1.78. The van der Waals surface area contributed by atoms with Crippen LogP contribution in [0.2, 0.25) is 0 Å². The van der Waals surface area contributed by atoms with Crippen LogP contribution in [-0.4, -0.2) is 49.6 Å². The molecule has 0 bridgehead atoms. The Morgan fingerprint density at radius 1 is 1.19 bits per heavy atom. The third-order valence-corrected chi connectivity index (χ3v) is 3.96. The van der Waals surface area contributed by atoms with Gasteiger partial charge in [0.05, 0.1) is 6.54 Å². The summed E-state index contributed by atoms with van der Waals surface area (Å²) in [5.74, 6) is 1.48. The van der Waals surface area contributed by atoms with E-state index in [-0.39, 0.29) is 25.0 Å². The lowest BCUT2D eigenvalue weighted by Crippen LogP contribution is -2.33. The van der Waals surface area contributed by atoms with Crippen LogP contribution in [0.5, 0.6) is 0 Å². The molecule has 0 unspecified atom stereocenters. The van der Waals surface area contributed by atoms with Gasteiger partial charge in [0.15, 0.2) is 5.82 Å². The van der Waals surface area contributed by atoms with E-state index >= 15 is 0 Å². The first-order valence-electron chi connectivity index (χ1n) is 7.32. The molecule has 7 nitrogen and oxygen atoms in total. The fraction of sp³-hybridized carbons (Fsp3) is 0.571. The van der Waals surface area contributed by atoms with E-state index in [4.69, 9.17) is 0 Å². The van der Waals surface area contributed by atoms with Crippen LogP contribution < -0.4 is 0 Å². The third kappa shape index (κ3) is 2.55. The van der Waals surface area contributed by atoms with Crippen molar-refractivity contribution in [2.45, 2.75) is 38.8 Å². The maximum absolute atomic E-state index is 12.2. The molecule has 1 fully saturated rings. The smallest absolute Gasteiger partial charge is 0.313 e. The zero-order valence-electron chi connectivity index (χ0n) is 12.0. The van der Waals surface area contributed by atoms with Gasteiger partial charge in [-0.15, -0.1) is 16.8 Å². The average Bonchev–Trinajstić information content (AvgIpc) is 2.85. The largest absolute Gasteiger partial charge is 0.327 e. The molecule has 2 aliphatic rings. The van der Waals surface area contributed by atoms with Gasteiger partial charge >= 0.3 is 6.03 Å². The van der Waals surface area contributed by atoms with Gasteiger partial charge in [0.25, 0.3) is 5.91 Å². The van der Waals surface area contributed by atoms with Crippen LogP contribution >= 0.6 is 0 Å². The summed E-state index contributed by atoms with van der Waals surface area (Å²) in [7, 11) is 0. The Hall–Kier alpha value is -2.18. The van der Waals surface area contributed by atoms with E-state index in [1.54, 1.807) is 6.08 Å². The molecule has 2 aliphatic heterocycles. The van der Waals surface area contributed by atoms with Gasteiger partial charge < -0.3 is 9.47 Å². The Kier molecular flexibility index (Phi) is 3.72. The first-order chi connectivity index (χ1) is 10.2. The molecule has 0 spiro atoms. The highest BCUT2D eigenvalue weighted by molar-refractivity contribution is 6.01. The van der Waals surface area contributed by atoms with Gasteiger partial charge in [-0.1, -0.05) is 12.5 Å². The number of fused-ring (bicyclic) bond motifs is 1. The quantitative estimate of drug-likeness (QED) is 0.611. The van der Waals surface area contributed by atoms with Gasteiger partial charge in [-0.05, 0) is 12.8 Å². The molecule has 3 rings (SSSR count). The highest BCUT2D eigenvalue weighted by Crippen LogP contribution is 2.18. The number of nitrogens with zero attached hydrogens (tertiary/aromatic N) is 5. The molecule has 3 amide bonds. The molecular weight excluding hydrogens is 270 g/mol. The molecular formula is C14H19N5O2. The van der Waals surface area contributed by atoms with Gasteiger partial charge in [0.1, 0.15) is 12.4 Å². The number of rotatable bonds is 4. The maximum atomic E-state index is 12.2. The molecule has 0 aromatic carbocycles. The molecule has 0 N–H and O–H groups in total. The van der Waals surface area contributed by atoms with Crippen molar-refractivity contribution in [3.63, 3.8) is 0 Å². The fourth-order valence-corrected chi connectivity index (χ4v) is 2.85. The summed E-state index contributed by atoms with van der Waals surface area (Å²) in [5.41, 5.74) is 0. The van der Waals surface area contributed by atoms with Gasteiger partial charge in [-0.25, -0.2) is 4.79 Å². The van der Waals surface area contributed by atoms with Crippen LogP contribution in [0.1, 0.15) is 30.9 Å². The summed E-state index contributed by atoms with van der Waals surface area (Å²) in [6.45, 7) is 5.18. The van der Waals surface area contributed by atoms with Crippen LogP contribution in [0, 0.1) is 0 Å². The van der Waals surface area contributed by atoms with Gasteiger partial charge in [0.2, 0.25) is 0 Å². The second-order valence-corrected chi connectivity index (χ2v) is 5.43. The second kappa shape index (κ2) is 5.67. The van der Waals surface area contributed by atoms with Crippen molar-refractivity contribution in [3.05, 3.63) is 24.3 Å². The van der Waals surface area contributed by atoms with E-state index in [9.17, 15) is 9.59 Å². The molecule has 7 heteroatoms. The number of hydrogen-bond donors (Lipinski definition) is 0. The lowest BCUT2D eigenvalue weighted by molar-refractivity contribution is -0.125. The lowest BCUT2D eigenvalue weighted by Gasteiger charge is -2.16. The Bertz CT molecular complexity index is 580. The summed E-state index contributed by atoms with van der Waals surface area (Å²) in [6, 6.07) is -0.272. The normalized spacial score (nSPS) is 18.9. The zero-order chi connectivity index (χ0) is 14.8. The van der Waals surface area contributed by atoms with Crippen molar-refractivity contribution < 1.29 is 9.59 Å². The number of imide groups is 1. The highest BCUT2D eigenvalue weighted by Gasteiger charge is 2.36. The van der Waals surface area contributed by atoms with Gasteiger partial charge in [0, 0.05) is 19.5 Å². The van der Waals surface area contributed by atoms with Gasteiger partial charge in [-0.3, -0.25) is 9.69 Å². The Labute approximate surface area is 123 Å². The first kappa shape index (κ1) is 13.8. The topological polar surface area (TPSA) is 71.3 Å². The fourth-order valence-electron chi connectivity index (χ4n) is 2.85. The minimum Gasteiger partial charge on any atom is -0.313 e. The molecule has 0 atom stereocenters. The summed E-state index contributed by atoms with van der Waals surface area (Å²) in [4.78, 5) is 26.9. The number of carbonyl (C=O) groups is 2. The second-order valence-electron chi connectivity index (χ2n) is 5.43. The van der Waals surface area contributed by atoms with Crippen molar-refractivity contribution in [1.29, 1.82) is 0 Å². The molecule has 21 heavy (non-hydrogen) atoms. The van der Waals surface area contributed by atoms with Crippen LogP contribution in [-0.2, 0) is 24.3 Å². The minimum atomic E-state index is -0.272. The van der Waals surface area contributed by atoms with E-state index < -0.39 is 0 Å². The third-order valence-electron chi connectivity index (χ3n) is 3.96. The number of amides is 3. The number of aromatic nitrogens is 3. The van der Waals surface area contributed by atoms with E-state index in [1.165, 1.54) is 16.2 Å². The molecule has 112 valence electrons. The summed E-state index contributed by atoms with van der Waals surface area (Å²) < 4.78 is 2.06. The van der Waals surface area contributed by atoms with Crippen molar-refractivity contribution in [2.24, 2.45) is 0 Å². The summed E-state index contributed by atoms with van der Waals surface area (Å²) in [5, 5.41) is 8.37.